The van der Waals surface area contributed by atoms with Crippen molar-refractivity contribution >= 4 is 23.6 Å². The van der Waals surface area contributed by atoms with Gasteiger partial charge in [-0.2, -0.15) is 5.10 Å². The van der Waals surface area contributed by atoms with Crippen LogP contribution in [0.25, 0.3) is 11.4 Å². The minimum atomic E-state index is 0.292. The Morgan fingerprint density at radius 3 is 2.85 bits per heavy atom. The summed E-state index contributed by atoms with van der Waals surface area (Å²) >= 11 is 6.99. The highest BCUT2D eigenvalue weighted by Gasteiger charge is 2.14. The van der Waals surface area contributed by atoms with E-state index < -0.39 is 0 Å². The third-order valence-corrected chi connectivity index (χ3v) is 4.34. The maximum Gasteiger partial charge on any atom is 0.195 e. The number of hydrogen-bond donors (Lipinski definition) is 1. The van der Waals surface area contributed by atoms with Gasteiger partial charge in [-0.05, 0) is 24.4 Å². The van der Waals surface area contributed by atoms with Crippen molar-refractivity contribution in [3.8, 4) is 11.4 Å². The van der Waals surface area contributed by atoms with Crippen molar-refractivity contribution in [2.24, 2.45) is 0 Å². The lowest BCUT2D eigenvalue weighted by atomic mass is 10.2. The van der Waals surface area contributed by atoms with Crippen molar-refractivity contribution in [2.45, 2.75) is 19.4 Å². The molecule has 7 heteroatoms. The average molecular weight is 303 g/mol. The Labute approximate surface area is 125 Å². The van der Waals surface area contributed by atoms with Crippen LogP contribution in [0.4, 0.5) is 0 Å². The predicted octanol–water partition coefficient (Wildman–Crippen LogP) is 3.26. The Balaban J connectivity index is 1.94. The van der Waals surface area contributed by atoms with Gasteiger partial charge in [0, 0.05) is 42.0 Å². The number of aromatic amines is 1. The highest BCUT2D eigenvalue weighted by atomic mass is 32.1. The molecular weight excluding hydrogens is 290 g/mol. The molecule has 0 aromatic carbocycles. The zero-order chi connectivity index (χ0) is 13.9. The second-order valence-electron chi connectivity index (χ2n) is 4.47. The SMILES string of the molecule is CC(Cn1c(-c2ccncc2)n[nH]c1=S)c1nccs1. The number of pyridine rings is 1. The number of rotatable bonds is 4. The molecule has 1 N–H and O–H groups in total. The zero-order valence-electron chi connectivity index (χ0n) is 10.9. The lowest BCUT2D eigenvalue weighted by Gasteiger charge is -2.11. The van der Waals surface area contributed by atoms with Crippen molar-refractivity contribution in [1.29, 1.82) is 0 Å². The summed E-state index contributed by atoms with van der Waals surface area (Å²) in [4.78, 5) is 8.39. The first kappa shape index (κ1) is 13.1. The first-order valence-electron chi connectivity index (χ1n) is 6.20. The van der Waals surface area contributed by atoms with Crippen LogP contribution in [0.3, 0.4) is 0 Å². The van der Waals surface area contributed by atoms with Crippen LogP contribution in [0.2, 0.25) is 0 Å². The summed E-state index contributed by atoms with van der Waals surface area (Å²) in [7, 11) is 0. The molecule has 5 nitrogen and oxygen atoms in total. The van der Waals surface area contributed by atoms with E-state index in [1.165, 1.54) is 0 Å². The van der Waals surface area contributed by atoms with E-state index in [0.29, 0.717) is 10.7 Å². The van der Waals surface area contributed by atoms with Gasteiger partial charge in [0.25, 0.3) is 0 Å². The number of hydrogen-bond acceptors (Lipinski definition) is 5. The summed E-state index contributed by atoms with van der Waals surface area (Å²) in [6.45, 7) is 2.89. The molecule has 0 aliphatic heterocycles. The number of thiazole rings is 1. The molecule has 20 heavy (non-hydrogen) atoms. The molecule has 3 rings (SSSR count). The fraction of sp³-hybridized carbons (Fsp3) is 0.231. The fourth-order valence-corrected chi connectivity index (χ4v) is 2.93. The van der Waals surface area contributed by atoms with E-state index in [1.54, 1.807) is 23.7 Å². The fourth-order valence-electron chi connectivity index (χ4n) is 2.04. The molecule has 1 atom stereocenters. The van der Waals surface area contributed by atoms with Gasteiger partial charge in [0.1, 0.15) is 0 Å². The normalized spacial score (nSPS) is 12.4. The largest absolute Gasteiger partial charge is 0.299 e. The molecule has 0 aliphatic rings. The van der Waals surface area contributed by atoms with E-state index in [-0.39, 0.29) is 0 Å². The van der Waals surface area contributed by atoms with Crippen LogP contribution in [-0.2, 0) is 6.54 Å². The number of nitrogens with zero attached hydrogens (tertiary/aromatic N) is 4. The third-order valence-electron chi connectivity index (χ3n) is 3.03. The summed E-state index contributed by atoms with van der Waals surface area (Å²) in [5, 5.41) is 10.3. The molecule has 0 spiro atoms. The van der Waals surface area contributed by atoms with Gasteiger partial charge in [-0.3, -0.25) is 14.6 Å². The van der Waals surface area contributed by atoms with Crippen molar-refractivity contribution in [3.63, 3.8) is 0 Å². The lowest BCUT2D eigenvalue weighted by molar-refractivity contribution is 0.592. The van der Waals surface area contributed by atoms with Crippen molar-refractivity contribution < 1.29 is 0 Å². The quantitative estimate of drug-likeness (QED) is 0.752. The van der Waals surface area contributed by atoms with E-state index in [4.69, 9.17) is 12.2 Å². The van der Waals surface area contributed by atoms with Crippen molar-refractivity contribution in [3.05, 3.63) is 45.9 Å². The van der Waals surface area contributed by atoms with E-state index >= 15 is 0 Å². The van der Waals surface area contributed by atoms with E-state index in [9.17, 15) is 0 Å². The summed E-state index contributed by atoms with van der Waals surface area (Å²) in [6, 6.07) is 3.85. The van der Waals surface area contributed by atoms with Crippen LogP contribution in [0, 0.1) is 4.77 Å². The Hall–Kier alpha value is -1.86. The Kier molecular flexibility index (Phi) is 3.70. The third kappa shape index (κ3) is 2.54. The maximum absolute atomic E-state index is 5.33. The van der Waals surface area contributed by atoms with Gasteiger partial charge in [0.2, 0.25) is 0 Å². The van der Waals surface area contributed by atoms with Crippen LogP contribution >= 0.6 is 23.6 Å². The monoisotopic (exact) mass is 303 g/mol. The second kappa shape index (κ2) is 5.64. The van der Waals surface area contributed by atoms with Crippen LogP contribution in [0.1, 0.15) is 17.8 Å². The first-order chi connectivity index (χ1) is 9.75. The molecule has 0 bridgehead atoms. The highest BCUT2D eigenvalue weighted by Crippen LogP contribution is 2.23. The Morgan fingerprint density at radius 2 is 2.15 bits per heavy atom. The van der Waals surface area contributed by atoms with E-state index in [0.717, 1.165) is 22.9 Å². The summed E-state index contributed by atoms with van der Waals surface area (Å²) in [5.74, 6) is 1.13. The molecule has 0 amide bonds. The molecule has 0 saturated carbocycles. The standard InChI is InChI=1S/C13H13N5S2/c1-9(12-15-6-7-20-12)8-18-11(16-17-13(18)19)10-2-4-14-5-3-10/h2-7,9H,8H2,1H3,(H,17,19). The van der Waals surface area contributed by atoms with E-state index in [1.807, 2.05) is 28.3 Å². The predicted molar refractivity (Wildman–Crippen MR) is 81.2 cm³/mol. The number of nitrogens with one attached hydrogen (secondary N) is 1. The molecule has 102 valence electrons. The van der Waals surface area contributed by atoms with Gasteiger partial charge in [-0.1, -0.05) is 6.92 Å². The Morgan fingerprint density at radius 1 is 1.35 bits per heavy atom. The van der Waals surface area contributed by atoms with E-state index in [2.05, 4.69) is 27.1 Å². The number of H-pyrrole nitrogens is 1. The van der Waals surface area contributed by atoms with Crippen LogP contribution < -0.4 is 0 Å². The Bertz CT molecular complexity index is 730. The molecule has 3 aromatic heterocycles. The zero-order valence-corrected chi connectivity index (χ0v) is 12.5. The summed E-state index contributed by atoms with van der Waals surface area (Å²) in [5.41, 5.74) is 0.999. The lowest BCUT2D eigenvalue weighted by Crippen LogP contribution is -2.08. The van der Waals surface area contributed by atoms with Crippen molar-refractivity contribution in [1.82, 2.24) is 24.7 Å². The molecule has 3 heterocycles. The molecule has 3 aromatic rings. The summed E-state index contributed by atoms with van der Waals surface area (Å²) in [6.07, 6.45) is 5.33. The van der Waals surface area contributed by atoms with Gasteiger partial charge >= 0.3 is 0 Å². The second-order valence-corrected chi connectivity index (χ2v) is 5.78. The van der Waals surface area contributed by atoms with Crippen LogP contribution in [0.5, 0.6) is 0 Å². The molecule has 0 radical (unpaired) electrons. The summed E-state index contributed by atoms with van der Waals surface area (Å²) < 4.78 is 2.64. The minimum absolute atomic E-state index is 0.292. The van der Waals surface area contributed by atoms with Gasteiger partial charge in [-0.15, -0.1) is 11.3 Å². The number of aromatic nitrogens is 5. The van der Waals surface area contributed by atoms with Gasteiger partial charge < -0.3 is 0 Å². The smallest absolute Gasteiger partial charge is 0.195 e. The van der Waals surface area contributed by atoms with Crippen LogP contribution in [-0.4, -0.2) is 24.7 Å². The highest BCUT2D eigenvalue weighted by molar-refractivity contribution is 7.71. The molecular formula is C13H13N5S2. The molecule has 1 unspecified atom stereocenters. The van der Waals surface area contributed by atoms with Gasteiger partial charge in [-0.25, -0.2) is 4.98 Å². The maximum atomic E-state index is 5.33. The topological polar surface area (TPSA) is 59.4 Å². The van der Waals surface area contributed by atoms with Crippen LogP contribution in [0.15, 0.2) is 36.1 Å². The first-order valence-corrected chi connectivity index (χ1v) is 7.49. The molecule has 0 aliphatic carbocycles. The van der Waals surface area contributed by atoms with Gasteiger partial charge in [0.15, 0.2) is 10.6 Å². The minimum Gasteiger partial charge on any atom is -0.299 e. The molecule has 0 saturated heterocycles. The molecule has 0 fully saturated rings. The average Bonchev–Trinajstić information content (AvgIpc) is 3.11. The van der Waals surface area contributed by atoms with Gasteiger partial charge in [0.05, 0.1) is 5.01 Å². The van der Waals surface area contributed by atoms with Crippen molar-refractivity contribution in [2.75, 3.05) is 0 Å².